The minimum atomic E-state index is -1.08. The van der Waals surface area contributed by atoms with Gasteiger partial charge in [-0.2, -0.15) is 0 Å². The number of hydrogen-bond acceptors (Lipinski definition) is 5. The Bertz CT molecular complexity index is 1490. The first kappa shape index (κ1) is 25.8. The highest BCUT2D eigenvalue weighted by Gasteiger charge is 2.28. The maximum absolute atomic E-state index is 12.6. The van der Waals surface area contributed by atoms with Crippen LogP contribution >= 0.6 is 11.8 Å². The number of hydrogen-bond donors (Lipinski definition) is 2. The predicted octanol–water partition coefficient (Wildman–Crippen LogP) is 6.35. The minimum absolute atomic E-state index is 0.0995. The summed E-state index contributed by atoms with van der Waals surface area (Å²) < 4.78 is 1.78. The van der Waals surface area contributed by atoms with Crippen LogP contribution in [-0.4, -0.2) is 48.8 Å². The molecule has 0 unspecified atom stereocenters. The molecule has 5 rings (SSSR count). The largest absolute Gasteiger partial charge is 0.465 e. The Labute approximate surface area is 226 Å². The number of imidazole rings is 1. The van der Waals surface area contributed by atoms with E-state index in [0.717, 1.165) is 29.7 Å². The lowest BCUT2D eigenvalue weighted by atomic mass is 10.1. The molecule has 1 fully saturated rings. The number of carbonyl (C=O) groups excluding carboxylic acids is 1. The molecule has 8 nitrogen and oxygen atoms in total. The molecule has 2 heterocycles. The number of anilines is 1. The van der Waals surface area contributed by atoms with Crippen molar-refractivity contribution >= 4 is 35.2 Å². The van der Waals surface area contributed by atoms with Gasteiger partial charge in [0.15, 0.2) is 11.5 Å². The van der Waals surface area contributed by atoms with E-state index in [4.69, 9.17) is 9.97 Å². The number of rotatable bonds is 7. The van der Waals surface area contributed by atoms with E-state index in [0.29, 0.717) is 27.7 Å². The van der Waals surface area contributed by atoms with Crippen molar-refractivity contribution in [2.24, 2.45) is 0 Å². The molecule has 2 aromatic heterocycles. The van der Waals surface area contributed by atoms with Gasteiger partial charge in [-0.15, -0.1) is 0 Å². The van der Waals surface area contributed by atoms with E-state index in [1.165, 1.54) is 4.90 Å². The van der Waals surface area contributed by atoms with Crippen LogP contribution in [0.3, 0.4) is 0 Å². The topological polar surface area (TPSA) is 99.8 Å². The van der Waals surface area contributed by atoms with E-state index in [2.05, 4.69) is 26.1 Å². The first-order valence-electron chi connectivity index (χ1n) is 12.7. The summed E-state index contributed by atoms with van der Waals surface area (Å²) in [5.41, 5.74) is 4.25. The molecule has 0 aliphatic heterocycles. The molecule has 0 bridgehead atoms. The fourth-order valence-electron chi connectivity index (χ4n) is 4.22. The quantitative estimate of drug-likeness (QED) is 0.271. The number of amides is 2. The summed E-state index contributed by atoms with van der Waals surface area (Å²) in [6.45, 7) is 8.34. The van der Waals surface area contributed by atoms with Crippen molar-refractivity contribution in [1.29, 1.82) is 0 Å². The Balaban J connectivity index is 1.73. The van der Waals surface area contributed by atoms with Crippen molar-refractivity contribution in [2.75, 3.05) is 11.4 Å². The lowest BCUT2D eigenvalue weighted by molar-refractivity contribution is 0.0951. The summed E-state index contributed by atoms with van der Waals surface area (Å²) in [5.74, 6) is 0.232. The summed E-state index contributed by atoms with van der Waals surface area (Å²) in [4.78, 5) is 35.9. The number of thioether (sulfide) groups is 1. The molecule has 0 radical (unpaired) electrons. The van der Waals surface area contributed by atoms with Gasteiger partial charge in [-0.05, 0) is 31.9 Å². The first-order chi connectivity index (χ1) is 18.1. The van der Waals surface area contributed by atoms with E-state index < -0.39 is 6.09 Å². The Morgan fingerprint density at radius 2 is 1.74 bits per heavy atom. The van der Waals surface area contributed by atoms with Crippen molar-refractivity contribution in [3.05, 3.63) is 66.4 Å². The van der Waals surface area contributed by atoms with Crippen LogP contribution < -0.4 is 10.2 Å². The number of benzene rings is 2. The third-order valence-corrected chi connectivity index (χ3v) is 7.25. The fraction of sp³-hybridized carbons (Fsp3) is 0.310. The molecule has 2 N–H and O–H groups in total. The number of nitrogens with zero attached hydrogens (tertiary/aromatic N) is 4. The van der Waals surface area contributed by atoms with Crippen molar-refractivity contribution in [2.45, 2.75) is 56.4 Å². The van der Waals surface area contributed by atoms with Crippen molar-refractivity contribution in [1.82, 2.24) is 19.7 Å². The van der Waals surface area contributed by atoms with Gasteiger partial charge >= 0.3 is 6.09 Å². The number of aromatic nitrogens is 3. The maximum atomic E-state index is 12.6. The van der Waals surface area contributed by atoms with Gasteiger partial charge in [0.2, 0.25) is 0 Å². The zero-order chi connectivity index (χ0) is 27.0. The van der Waals surface area contributed by atoms with Gasteiger partial charge in [0.05, 0.1) is 11.4 Å². The highest BCUT2D eigenvalue weighted by molar-refractivity contribution is 8.00. The van der Waals surface area contributed by atoms with Crippen LogP contribution in [0.25, 0.3) is 28.2 Å². The van der Waals surface area contributed by atoms with Crippen LogP contribution in [0.15, 0.2) is 65.8 Å². The van der Waals surface area contributed by atoms with Gasteiger partial charge in [-0.3, -0.25) is 14.1 Å². The van der Waals surface area contributed by atoms with Crippen LogP contribution in [0, 0.1) is 0 Å². The van der Waals surface area contributed by atoms with E-state index >= 15 is 0 Å². The molecule has 4 aromatic rings. The summed E-state index contributed by atoms with van der Waals surface area (Å²) in [7, 11) is 0. The second kappa shape index (κ2) is 10.1. The number of carbonyl (C=O) groups is 2. The zero-order valence-electron chi connectivity index (χ0n) is 21.9. The van der Waals surface area contributed by atoms with E-state index in [1.54, 1.807) is 30.8 Å². The molecule has 1 aliphatic carbocycles. The van der Waals surface area contributed by atoms with Crippen LogP contribution in [0.4, 0.5) is 10.6 Å². The van der Waals surface area contributed by atoms with Crippen molar-refractivity contribution < 1.29 is 14.7 Å². The molecule has 1 aliphatic rings. The van der Waals surface area contributed by atoms with Gasteiger partial charge in [0, 0.05) is 40.2 Å². The average Bonchev–Trinajstić information content (AvgIpc) is 3.61. The maximum Gasteiger partial charge on any atom is 0.413 e. The lowest BCUT2D eigenvalue weighted by Crippen LogP contribution is -2.29. The van der Waals surface area contributed by atoms with E-state index in [1.807, 2.05) is 53.1 Å². The predicted molar refractivity (Wildman–Crippen MR) is 151 cm³/mol. The van der Waals surface area contributed by atoms with Crippen LogP contribution in [0.1, 0.15) is 50.9 Å². The Morgan fingerprint density at radius 3 is 2.32 bits per heavy atom. The normalized spacial score (nSPS) is 13.5. The number of fused-ring (bicyclic) bond motifs is 1. The molecule has 1 saturated carbocycles. The van der Waals surface area contributed by atoms with Crippen molar-refractivity contribution in [3.63, 3.8) is 0 Å². The SMILES string of the molecule is CCN(C(=O)O)c1nc2c(SC(C)(C)C)nc(-c3ccccc3)cn2c1-c1ccc(C(=O)NC2CC2)cc1. The third kappa shape index (κ3) is 5.38. The highest BCUT2D eigenvalue weighted by atomic mass is 32.2. The second-order valence-electron chi connectivity index (χ2n) is 10.3. The van der Waals surface area contributed by atoms with Gasteiger partial charge < -0.3 is 10.4 Å². The van der Waals surface area contributed by atoms with E-state index in [9.17, 15) is 14.7 Å². The smallest absolute Gasteiger partial charge is 0.413 e. The fourth-order valence-corrected chi connectivity index (χ4v) is 5.18. The molecule has 0 saturated heterocycles. The van der Waals surface area contributed by atoms with Crippen LogP contribution in [0.5, 0.6) is 0 Å². The highest BCUT2D eigenvalue weighted by Crippen LogP contribution is 2.39. The Kier molecular flexibility index (Phi) is 6.88. The van der Waals surface area contributed by atoms with Crippen molar-refractivity contribution in [3.8, 4) is 22.5 Å². The summed E-state index contributed by atoms with van der Waals surface area (Å²) in [5, 5.41) is 13.7. The van der Waals surface area contributed by atoms with Gasteiger partial charge in [-0.1, -0.05) is 75.0 Å². The second-order valence-corrected chi connectivity index (χ2v) is 12.2. The molecule has 38 heavy (non-hydrogen) atoms. The molecule has 196 valence electrons. The zero-order valence-corrected chi connectivity index (χ0v) is 22.7. The first-order valence-corrected chi connectivity index (χ1v) is 13.6. The molecule has 0 spiro atoms. The molecular formula is C29H31N5O3S. The lowest BCUT2D eigenvalue weighted by Gasteiger charge is -2.18. The van der Waals surface area contributed by atoms with Gasteiger partial charge in [0.25, 0.3) is 5.91 Å². The third-order valence-electron chi connectivity index (χ3n) is 6.17. The molecule has 2 aromatic carbocycles. The Hall–Kier alpha value is -3.85. The monoisotopic (exact) mass is 529 g/mol. The number of nitrogens with one attached hydrogen (secondary N) is 1. The summed E-state index contributed by atoms with van der Waals surface area (Å²) >= 11 is 1.59. The molecular weight excluding hydrogens is 498 g/mol. The molecule has 0 atom stereocenters. The van der Waals surface area contributed by atoms with Crippen LogP contribution in [-0.2, 0) is 0 Å². The van der Waals surface area contributed by atoms with Crippen LogP contribution in [0.2, 0.25) is 0 Å². The molecule has 2 amide bonds. The average molecular weight is 530 g/mol. The standard InChI is InChI=1S/C29H31N5O3S/c1-5-33(28(36)37)24-23(19-11-13-20(14-12-19)26(35)30-21-15-16-21)34-17-22(18-9-7-6-8-10-18)31-27(25(34)32-24)38-29(2,3)4/h6-14,17,21H,5,15-16H2,1-4H3,(H,30,35)(H,36,37). The number of carboxylic acid groups (broad SMARTS) is 1. The summed E-state index contributed by atoms with van der Waals surface area (Å²) in [6, 6.07) is 17.4. The van der Waals surface area contributed by atoms with E-state index in [-0.39, 0.29) is 23.2 Å². The summed E-state index contributed by atoms with van der Waals surface area (Å²) in [6.07, 6.45) is 2.86. The Morgan fingerprint density at radius 1 is 1.05 bits per heavy atom. The van der Waals surface area contributed by atoms with Gasteiger partial charge in [-0.25, -0.2) is 14.8 Å². The van der Waals surface area contributed by atoms with Gasteiger partial charge in [0.1, 0.15) is 5.03 Å². The molecule has 9 heteroatoms. The minimum Gasteiger partial charge on any atom is -0.465 e.